The van der Waals surface area contributed by atoms with Crippen LogP contribution in [0.15, 0.2) is 47.1 Å². The van der Waals surface area contributed by atoms with Crippen LogP contribution in [-0.4, -0.2) is 23.9 Å². The van der Waals surface area contributed by atoms with Gasteiger partial charge in [0.25, 0.3) is 0 Å². The molecule has 4 rings (SSSR count). The highest BCUT2D eigenvalue weighted by molar-refractivity contribution is 8.00. The average molecular weight is 342 g/mol. The molecule has 2 bridgehead atoms. The molecule has 3 atom stereocenters. The van der Waals surface area contributed by atoms with E-state index in [2.05, 4.69) is 6.92 Å². The molecule has 126 valence electrons. The van der Waals surface area contributed by atoms with E-state index in [4.69, 9.17) is 4.74 Å². The molecule has 2 saturated carbocycles. The molecule has 0 radical (unpaired) electrons. The smallest absolute Gasteiger partial charge is 0.154 e. The molecule has 3 aliphatic carbocycles. The topological polar surface area (TPSA) is 43.4 Å². The lowest BCUT2D eigenvalue weighted by Crippen LogP contribution is -2.48. The molecule has 1 spiro atoms. The second kappa shape index (κ2) is 4.98. The number of hydrogen-bond donors (Lipinski definition) is 0. The molecule has 0 N–H and O–H groups in total. The van der Waals surface area contributed by atoms with E-state index >= 15 is 0 Å². The molecule has 0 unspecified atom stereocenters. The predicted octanol–water partition coefficient (Wildman–Crippen LogP) is 4.03. The fraction of sp³-hybridized carbons (Fsp3) is 0.500. The number of ketones is 2. The molecule has 4 heteroatoms. The van der Waals surface area contributed by atoms with Gasteiger partial charge in [-0.25, -0.2) is 0 Å². The normalized spacial score (nSPS) is 35.7. The van der Waals surface area contributed by atoms with Crippen LogP contribution in [0.5, 0.6) is 0 Å². The fourth-order valence-corrected chi connectivity index (χ4v) is 6.95. The number of Topliss-reactive ketones (excluding diaryl/α,β-unsaturated/α-hetero) is 2. The van der Waals surface area contributed by atoms with Crippen LogP contribution in [0.4, 0.5) is 0 Å². The molecule has 2 fully saturated rings. The molecule has 3 aliphatic rings. The summed E-state index contributed by atoms with van der Waals surface area (Å²) in [6.45, 7) is 3.70. The molecule has 24 heavy (non-hydrogen) atoms. The van der Waals surface area contributed by atoms with Crippen molar-refractivity contribution in [2.45, 2.75) is 43.3 Å². The summed E-state index contributed by atoms with van der Waals surface area (Å²) >= 11 is 1.53. The molecule has 0 heterocycles. The number of ether oxygens (including phenoxy) is 1. The van der Waals surface area contributed by atoms with E-state index in [0.717, 1.165) is 17.7 Å². The van der Waals surface area contributed by atoms with Crippen molar-refractivity contribution in [3.8, 4) is 0 Å². The minimum absolute atomic E-state index is 0.0679. The van der Waals surface area contributed by atoms with Crippen molar-refractivity contribution in [1.29, 1.82) is 0 Å². The van der Waals surface area contributed by atoms with E-state index in [1.807, 2.05) is 36.4 Å². The molecular weight excluding hydrogens is 320 g/mol. The first-order chi connectivity index (χ1) is 11.4. The standard InChI is InChI=1S/C20H22O3S/c1-13(21)20-15(23-3)9-10-18(2,19(20)11-12-19)16(22)17(20)24-14-7-5-4-6-8-14/h4-9,17H,10-12H2,1-3H3/t17-,18+,20-/m1/s1. The first-order valence-corrected chi connectivity index (χ1v) is 9.34. The highest BCUT2D eigenvalue weighted by atomic mass is 32.2. The minimum Gasteiger partial charge on any atom is -0.500 e. The Labute approximate surface area is 146 Å². The van der Waals surface area contributed by atoms with Crippen LogP contribution in [0.25, 0.3) is 0 Å². The van der Waals surface area contributed by atoms with Crippen LogP contribution in [0.2, 0.25) is 0 Å². The van der Waals surface area contributed by atoms with Gasteiger partial charge in [0.05, 0.1) is 12.4 Å². The first-order valence-electron chi connectivity index (χ1n) is 8.46. The Hall–Kier alpha value is -1.55. The summed E-state index contributed by atoms with van der Waals surface area (Å²) in [6.07, 6.45) is 4.53. The summed E-state index contributed by atoms with van der Waals surface area (Å²) in [7, 11) is 1.63. The van der Waals surface area contributed by atoms with Gasteiger partial charge < -0.3 is 4.74 Å². The lowest BCUT2D eigenvalue weighted by atomic mass is 9.59. The van der Waals surface area contributed by atoms with Gasteiger partial charge in [0, 0.05) is 15.7 Å². The quantitative estimate of drug-likeness (QED) is 0.829. The van der Waals surface area contributed by atoms with Crippen LogP contribution in [0, 0.1) is 16.2 Å². The SMILES string of the molecule is COC1=CC[C@@]2(C)C(=O)[C@@H](Sc3ccccc3)[C@]1(C(C)=O)C21CC1. The van der Waals surface area contributed by atoms with Crippen LogP contribution in [-0.2, 0) is 14.3 Å². The van der Waals surface area contributed by atoms with Crippen molar-refractivity contribution in [2.24, 2.45) is 16.2 Å². The number of carbonyl (C=O) groups excluding carboxylic acids is 2. The van der Waals surface area contributed by atoms with Crippen LogP contribution >= 0.6 is 11.8 Å². The van der Waals surface area contributed by atoms with E-state index in [-0.39, 0.29) is 17.0 Å². The zero-order chi connectivity index (χ0) is 17.2. The Balaban J connectivity index is 1.91. The van der Waals surface area contributed by atoms with Crippen LogP contribution in [0.1, 0.15) is 33.1 Å². The van der Waals surface area contributed by atoms with Gasteiger partial charge in [-0.2, -0.15) is 0 Å². The number of methoxy groups -OCH3 is 1. The maximum Gasteiger partial charge on any atom is 0.154 e. The van der Waals surface area contributed by atoms with Crippen molar-refractivity contribution in [2.75, 3.05) is 7.11 Å². The summed E-state index contributed by atoms with van der Waals surface area (Å²) < 4.78 is 5.70. The van der Waals surface area contributed by atoms with Gasteiger partial charge in [-0.15, -0.1) is 11.8 Å². The Morgan fingerprint density at radius 3 is 2.46 bits per heavy atom. The molecule has 3 nitrogen and oxygen atoms in total. The van der Waals surface area contributed by atoms with Crippen molar-refractivity contribution in [3.63, 3.8) is 0 Å². The fourth-order valence-electron chi connectivity index (χ4n) is 5.31. The number of allylic oxidation sites excluding steroid dienone is 2. The third kappa shape index (κ3) is 1.60. The molecule has 0 amide bonds. The molecule has 1 aromatic carbocycles. The average Bonchev–Trinajstić information content (AvgIpc) is 3.36. The highest BCUT2D eigenvalue weighted by Crippen LogP contribution is 2.80. The minimum atomic E-state index is -0.813. The number of thioether (sulfide) groups is 1. The summed E-state index contributed by atoms with van der Waals surface area (Å²) in [5, 5.41) is -0.404. The van der Waals surface area contributed by atoms with Crippen molar-refractivity contribution in [1.82, 2.24) is 0 Å². The number of hydrogen-bond acceptors (Lipinski definition) is 4. The van der Waals surface area contributed by atoms with Gasteiger partial charge in [0.15, 0.2) is 5.78 Å². The van der Waals surface area contributed by atoms with Gasteiger partial charge in [-0.05, 0) is 44.4 Å². The lowest BCUT2D eigenvalue weighted by molar-refractivity contribution is -0.131. The highest BCUT2D eigenvalue weighted by Gasteiger charge is 2.83. The van der Waals surface area contributed by atoms with E-state index in [0.29, 0.717) is 12.2 Å². The second-order valence-corrected chi connectivity index (χ2v) is 8.61. The molecule has 1 aromatic rings. The number of carbonyl (C=O) groups is 2. The Morgan fingerprint density at radius 2 is 1.92 bits per heavy atom. The molecule has 0 saturated heterocycles. The van der Waals surface area contributed by atoms with Gasteiger partial charge in [-0.3, -0.25) is 9.59 Å². The maximum atomic E-state index is 13.5. The Kier molecular flexibility index (Phi) is 3.31. The molecule has 0 aliphatic heterocycles. The monoisotopic (exact) mass is 342 g/mol. The molecular formula is C20H22O3S. The van der Waals surface area contributed by atoms with Gasteiger partial charge in [-0.1, -0.05) is 25.1 Å². The van der Waals surface area contributed by atoms with Crippen LogP contribution < -0.4 is 0 Å². The van der Waals surface area contributed by atoms with E-state index < -0.39 is 16.1 Å². The predicted molar refractivity (Wildman–Crippen MR) is 93.7 cm³/mol. The zero-order valence-electron chi connectivity index (χ0n) is 14.3. The van der Waals surface area contributed by atoms with Crippen molar-refractivity contribution in [3.05, 3.63) is 42.2 Å². The van der Waals surface area contributed by atoms with Gasteiger partial charge in [0.1, 0.15) is 17.0 Å². The van der Waals surface area contributed by atoms with Crippen LogP contribution in [0.3, 0.4) is 0 Å². The number of benzene rings is 1. The largest absolute Gasteiger partial charge is 0.500 e. The summed E-state index contributed by atoms with van der Waals surface area (Å²) in [5.74, 6) is 0.995. The number of rotatable bonds is 4. The van der Waals surface area contributed by atoms with Gasteiger partial charge >= 0.3 is 0 Å². The summed E-state index contributed by atoms with van der Waals surface area (Å²) in [5.41, 5.74) is -1.52. The van der Waals surface area contributed by atoms with Crippen molar-refractivity contribution >= 4 is 23.3 Å². The molecule has 0 aromatic heterocycles. The second-order valence-electron chi connectivity index (χ2n) is 7.43. The summed E-state index contributed by atoms with van der Waals surface area (Å²) in [4.78, 5) is 27.5. The van der Waals surface area contributed by atoms with E-state index in [1.54, 1.807) is 14.0 Å². The van der Waals surface area contributed by atoms with E-state index in [1.165, 1.54) is 11.8 Å². The Morgan fingerprint density at radius 1 is 1.25 bits per heavy atom. The first kappa shape index (κ1) is 15.9. The van der Waals surface area contributed by atoms with Gasteiger partial charge in [0.2, 0.25) is 0 Å². The third-order valence-electron chi connectivity index (χ3n) is 6.59. The zero-order valence-corrected chi connectivity index (χ0v) is 15.1. The summed E-state index contributed by atoms with van der Waals surface area (Å²) in [6, 6.07) is 9.91. The van der Waals surface area contributed by atoms with E-state index in [9.17, 15) is 9.59 Å². The Bertz CT molecular complexity index is 749. The maximum absolute atomic E-state index is 13.5. The third-order valence-corrected chi connectivity index (χ3v) is 7.94. The lowest BCUT2D eigenvalue weighted by Gasteiger charge is -2.44. The van der Waals surface area contributed by atoms with Crippen molar-refractivity contribution < 1.29 is 14.3 Å².